The van der Waals surface area contributed by atoms with E-state index in [0.29, 0.717) is 5.41 Å². The van der Waals surface area contributed by atoms with Gasteiger partial charge in [-0.1, -0.05) is 28.1 Å². The molecule has 0 spiro atoms. The van der Waals surface area contributed by atoms with Gasteiger partial charge < -0.3 is 10.1 Å². The number of ether oxygens (including phenoxy) is 1. The third-order valence-corrected chi connectivity index (χ3v) is 4.06. The van der Waals surface area contributed by atoms with Gasteiger partial charge in [-0.15, -0.1) is 0 Å². The van der Waals surface area contributed by atoms with Gasteiger partial charge in [0.05, 0.1) is 0 Å². The maximum atomic E-state index is 5.16. The van der Waals surface area contributed by atoms with E-state index in [9.17, 15) is 0 Å². The lowest BCUT2D eigenvalue weighted by atomic mass is 10.0. The molecule has 1 aromatic rings. The zero-order valence-electron chi connectivity index (χ0n) is 10.3. The fraction of sp³-hybridized carbons (Fsp3) is 0.571. The van der Waals surface area contributed by atoms with E-state index in [2.05, 4.69) is 45.5 Å². The molecule has 1 saturated carbocycles. The minimum absolute atomic E-state index is 0.533. The fourth-order valence-electron chi connectivity index (χ4n) is 2.08. The topological polar surface area (TPSA) is 21.3 Å². The smallest absolute Gasteiger partial charge is 0.0468 e. The van der Waals surface area contributed by atoms with Gasteiger partial charge in [0.15, 0.2) is 0 Å². The van der Waals surface area contributed by atoms with Crippen molar-refractivity contribution in [1.29, 1.82) is 0 Å². The summed E-state index contributed by atoms with van der Waals surface area (Å²) in [6.07, 6.45) is 3.89. The van der Waals surface area contributed by atoms with Gasteiger partial charge in [0.1, 0.15) is 0 Å². The Labute approximate surface area is 112 Å². The summed E-state index contributed by atoms with van der Waals surface area (Å²) >= 11 is 3.45. The van der Waals surface area contributed by atoms with Crippen LogP contribution in [0, 0.1) is 5.41 Å². The summed E-state index contributed by atoms with van der Waals surface area (Å²) in [5, 5.41) is 3.56. The average molecular weight is 298 g/mol. The third kappa shape index (κ3) is 4.09. The van der Waals surface area contributed by atoms with E-state index in [4.69, 9.17) is 4.74 Å². The monoisotopic (exact) mass is 297 g/mol. The number of benzene rings is 1. The van der Waals surface area contributed by atoms with Crippen molar-refractivity contribution in [2.75, 3.05) is 20.3 Å². The lowest BCUT2D eigenvalue weighted by molar-refractivity contribution is 0.171. The van der Waals surface area contributed by atoms with Crippen LogP contribution in [0.2, 0.25) is 0 Å². The minimum Gasteiger partial charge on any atom is -0.385 e. The highest BCUT2D eigenvalue weighted by Crippen LogP contribution is 2.48. The molecule has 0 saturated heterocycles. The number of methoxy groups -OCH3 is 1. The Balaban J connectivity index is 1.71. The van der Waals surface area contributed by atoms with E-state index in [1.54, 1.807) is 7.11 Å². The van der Waals surface area contributed by atoms with Gasteiger partial charge in [0.25, 0.3) is 0 Å². The fourth-order valence-corrected chi connectivity index (χ4v) is 2.35. The van der Waals surface area contributed by atoms with E-state index < -0.39 is 0 Å². The second kappa shape index (κ2) is 5.98. The highest BCUT2D eigenvalue weighted by atomic mass is 79.9. The first kappa shape index (κ1) is 13.1. The molecular weight excluding hydrogens is 278 g/mol. The highest BCUT2D eigenvalue weighted by Gasteiger charge is 2.41. The molecular formula is C14H20BrNO. The Morgan fingerprint density at radius 3 is 2.59 bits per heavy atom. The van der Waals surface area contributed by atoms with E-state index in [1.807, 2.05) is 0 Å². The SMILES string of the molecule is COCCC1(CNCc2ccc(Br)cc2)CC1. The molecule has 0 aromatic heterocycles. The van der Waals surface area contributed by atoms with Crippen molar-refractivity contribution in [2.24, 2.45) is 5.41 Å². The van der Waals surface area contributed by atoms with Crippen LogP contribution in [0.5, 0.6) is 0 Å². The highest BCUT2D eigenvalue weighted by molar-refractivity contribution is 9.10. The Bertz CT molecular complexity index is 346. The first-order chi connectivity index (χ1) is 8.24. The second-order valence-electron chi connectivity index (χ2n) is 4.97. The predicted octanol–water partition coefficient (Wildman–Crippen LogP) is 3.36. The second-order valence-corrected chi connectivity index (χ2v) is 5.89. The molecule has 1 aromatic carbocycles. The molecule has 2 nitrogen and oxygen atoms in total. The number of hydrogen-bond donors (Lipinski definition) is 1. The van der Waals surface area contributed by atoms with Gasteiger partial charge in [-0.25, -0.2) is 0 Å². The molecule has 0 unspecified atom stereocenters. The van der Waals surface area contributed by atoms with Crippen LogP contribution in [0.4, 0.5) is 0 Å². The molecule has 1 fully saturated rings. The normalized spacial score (nSPS) is 17.1. The zero-order valence-corrected chi connectivity index (χ0v) is 11.9. The van der Waals surface area contributed by atoms with E-state index in [1.165, 1.54) is 24.8 Å². The van der Waals surface area contributed by atoms with Crippen LogP contribution in [0.15, 0.2) is 28.7 Å². The molecule has 0 bridgehead atoms. The van der Waals surface area contributed by atoms with Crippen molar-refractivity contribution in [3.63, 3.8) is 0 Å². The van der Waals surface area contributed by atoms with Crippen LogP contribution in [0.3, 0.4) is 0 Å². The Kier molecular flexibility index (Phi) is 4.60. The van der Waals surface area contributed by atoms with Crippen molar-refractivity contribution < 1.29 is 4.74 Å². The summed E-state index contributed by atoms with van der Waals surface area (Å²) in [7, 11) is 1.78. The van der Waals surface area contributed by atoms with Crippen molar-refractivity contribution >= 4 is 15.9 Å². The molecule has 1 aliphatic carbocycles. The number of hydrogen-bond acceptors (Lipinski definition) is 2. The quantitative estimate of drug-likeness (QED) is 0.833. The summed E-state index contributed by atoms with van der Waals surface area (Å²) in [6.45, 7) is 2.97. The predicted molar refractivity (Wildman–Crippen MR) is 74.0 cm³/mol. The summed E-state index contributed by atoms with van der Waals surface area (Å²) in [5.74, 6) is 0. The van der Waals surface area contributed by atoms with E-state index >= 15 is 0 Å². The molecule has 2 rings (SSSR count). The summed E-state index contributed by atoms with van der Waals surface area (Å²) < 4.78 is 6.30. The van der Waals surface area contributed by atoms with Gasteiger partial charge in [0, 0.05) is 31.3 Å². The van der Waals surface area contributed by atoms with E-state index in [0.717, 1.165) is 24.2 Å². The summed E-state index contributed by atoms with van der Waals surface area (Å²) in [4.78, 5) is 0. The Hall–Kier alpha value is -0.380. The first-order valence-corrected chi connectivity index (χ1v) is 6.98. The van der Waals surface area contributed by atoms with Gasteiger partial charge >= 0.3 is 0 Å². The van der Waals surface area contributed by atoms with Crippen LogP contribution in [0.25, 0.3) is 0 Å². The van der Waals surface area contributed by atoms with Gasteiger partial charge in [0.2, 0.25) is 0 Å². The minimum atomic E-state index is 0.533. The molecule has 17 heavy (non-hydrogen) atoms. The number of halogens is 1. The molecule has 0 aliphatic heterocycles. The molecule has 3 heteroatoms. The lowest BCUT2D eigenvalue weighted by Gasteiger charge is -2.15. The maximum absolute atomic E-state index is 5.16. The van der Waals surface area contributed by atoms with Crippen molar-refractivity contribution in [3.8, 4) is 0 Å². The first-order valence-electron chi connectivity index (χ1n) is 6.18. The summed E-state index contributed by atoms with van der Waals surface area (Å²) in [5.41, 5.74) is 1.88. The van der Waals surface area contributed by atoms with Crippen LogP contribution in [-0.4, -0.2) is 20.3 Å². The molecule has 0 amide bonds. The van der Waals surface area contributed by atoms with Crippen LogP contribution >= 0.6 is 15.9 Å². The van der Waals surface area contributed by atoms with Crippen LogP contribution in [0.1, 0.15) is 24.8 Å². The van der Waals surface area contributed by atoms with Crippen molar-refractivity contribution in [2.45, 2.75) is 25.8 Å². The van der Waals surface area contributed by atoms with Crippen molar-refractivity contribution in [1.82, 2.24) is 5.32 Å². The maximum Gasteiger partial charge on any atom is 0.0468 e. The van der Waals surface area contributed by atoms with Gasteiger partial charge in [-0.05, 0) is 42.4 Å². The lowest BCUT2D eigenvalue weighted by Crippen LogP contribution is -2.24. The standard InChI is InChI=1S/C14H20BrNO/c1-17-9-8-14(6-7-14)11-16-10-12-2-4-13(15)5-3-12/h2-5,16H,6-11H2,1H3. The summed E-state index contributed by atoms with van der Waals surface area (Å²) in [6, 6.07) is 8.50. The average Bonchev–Trinajstić information content (AvgIpc) is 3.10. The van der Waals surface area contributed by atoms with Gasteiger partial charge in [-0.2, -0.15) is 0 Å². The van der Waals surface area contributed by atoms with Crippen LogP contribution < -0.4 is 5.32 Å². The Morgan fingerprint density at radius 2 is 2.00 bits per heavy atom. The Morgan fingerprint density at radius 1 is 1.29 bits per heavy atom. The number of nitrogens with one attached hydrogen (secondary N) is 1. The molecule has 94 valence electrons. The third-order valence-electron chi connectivity index (χ3n) is 3.54. The molecule has 0 atom stereocenters. The van der Waals surface area contributed by atoms with Crippen molar-refractivity contribution in [3.05, 3.63) is 34.3 Å². The molecule has 0 radical (unpaired) electrons. The van der Waals surface area contributed by atoms with E-state index in [-0.39, 0.29) is 0 Å². The van der Waals surface area contributed by atoms with Crippen LogP contribution in [-0.2, 0) is 11.3 Å². The van der Waals surface area contributed by atoms with Gasteiger partial charge in [-0.3, -0.25) is 0 Å². The zero-order chi connectivity index (χ0) is 12.1. The number of rotatable bonds is 7. The molecule has 0 heterocycles. The molecule has 1 N–H and O–H groups in total. The molecule has 1 aliphatic rings. The largest absolute Gasteiger partial charge is 0.385 e.